The normalized spacial score (nSPS) is 13.5. The molecule has 2 aromatic rings. The molecule has 1 aromatic carbocycles. The number of carbonyl (C=O) groups is 2. The predicted octanol–water partition coefficient (Wildman–Crippen LogP) is 4.05. The van der Waals surface area contributed by atoms with Crippen LogP contribution in [0.3, 0.4) is 0 Å². The van der Waals surface area contributed by atoms with Crippen LogP contribution in [0.5, 0.6) is 0 Å². The molecular weight excluding hydrogens is 364 g/mol. The maximum atomic E-state index is 13.2. The second kappa shape index (κ2) is 9.77. The molecule has 3 rings (SSSR count). The molecule has 156 valence electrons. The second-order valence-electron chi connectivity index (χ2n) is 8.38. The molecule has 1 aliphatic carbocycles. The molecule has 1 aromatic heterocycles. The van der Waals surface area contributed by atoms with Gasteiger partial charge in [0.2, 0.25) is 11.8 Å². The van der Waals surface area contributed by atoms with E-state index in [-0.39, 0.29) is 24.3 Å². The fourth-order valence-electron chi connectivity index (χ4n) is 3.43. The molecule has 0 unspecified atom stereocenters. The number of nitrogens with zero attached hydrogens (tertiary/aromatic N) is 2. The average Bonchev–Trinajstić information content (AvgIpc) is 3.43. The number of furan rings is 1. The Morgan fingerprint density at radius 3 is 2.38 bits per heavy atom. The molecule has 2 amide bonds. The van der Waals surface area contributed by atoms with Crippen LogP contribution >= 0.6 is 0 Å². The maximum absolute atomic E-state index is 13.2. The lowest BCUT2D eigenvalue weighted by molar-refractivity contribution is -0.143. The maximum Gasteiger partial charge on any atom is 0.242 e. The van der Waals surface area contributed by atoms with Gasteiger partial charge >= 0.3 is 0 Å². The standard InChI is InChI=1S/C24H32N2O3/c1-18(2)24(28)26(15-21-10-11-21)17-23(27)25(16-22-12-9-19(3)29-22)14-13-20-7-5-4-6-8-20/h4-9,12,18,21H,10-11,13-17H2,1-3H3. The van der Waals surface area contributed by atoms with Gasteiger partial charge in [0.25, 0.3) is 0 Å². The minimum Gasteiger partial charge on any atom is -0.464 e. The Morgan fingerprint density at radius 1 is 1.07 bits per heavy atom. The van der Waals surface area contributed by atoms with Crippen molar-refractivity contribution in [3.63, 3.8) is 0 Å². The molecule has 0 aliphatic heterocycles. The fraction of sp³-hybridized carbons (Fsp3) is 0.500. The van der Waals surface area contributed by atoms with E-state index in [4.69, 9.17) is 4.42 Å². The van der Waals surface area contributed by atoms with Crippen molar-refractivity contribution in [3.8, 4) is 0 Å². The molecule has 0 atom stereocenters. The second-order valence-corrected chi connectivity index (χ2v) is 8.38. The summed E-state index contributed by atoms with van der Waals surface area (Å²) in [6.07, 6.45) is 3.08. The van der Waals surface area contributed by atoms with Crippen LogP contribution in [0.15, 0.2) is 46.9 Å². The largest absolute Gasteiger partial charge is 0.464 e. The van der Waals surface area contributed by atoms with E-state index >= 15 is 0 Å². The monoisotopic (exact) mass is 396 g/mol. The lowest BCUT2D eigenvalue weighted by Gasteiger charge is -2.28. The first-order chi connectivity index (χ1) is 13.9. The predicted molar refractivity (Wildman–Crippen MR) is 113 cm³/mol. The van der Waals surface area contributed by atoms with Crippen molar-refractivity contribution in [1.82, 2.24) is 9.80 Å². The van der Waals surface area contributed by atoms with Crippen molar-refractivity contribution in [1.29, 1.82) is 0 Å². The average molecular weight is 397 g/mol. The third-order valence-corrected chi connectivity index (χ3v) is 5.32. The van der Waals surface area contributed by atoms with E-state index in [0.717, 1.165) is 30.8 Å². The van der Waals surface area contributed by atoms with Gasteiger partial charge in [-0.25, -0.2) is 0 Å². The van der Waals surface area contributed by atoms with Gasteiger partial charge in [0.15, 0.2) is 0 Å². The zero-order chi connectivity index (χ0) is 20.8. The van der Waals surface area contributed by atoms with Crippen LogP contribution < -0.4 is 0 Å². The van der Waals surface area contributed by atoms with Gasteiger partial charge in [-0.2, -0.15) is 0 Å². The van der Waals surface area contributed by atoms with Crippen LogP contribution in [0.2, 0.25) is 0 Å². The Hall–Kier alpha value is -2.56. The zero-order valence-corrected chi connectivity index (χ0v) is 17.8. The third kappa shape index (κ3) is 6.48. The van der Waals surface area contributed by atoms with Crippen molar-refractivity contribution in [2.24, 2.45) is 11.8 Å². The van der Waals surface area contributed by atoms with Gasteiger partial charge in [-0.15, -0.1) is 0 Å². The van der Waals surface area contributed by atoms with Gasteiger partial charge in [0, 0.05) is 19.0 Å². The Bertz CT molecular complexity index is 809. The molecule has 1 saturated carbocycles. The van der Waals surface area contributed by atoms with E-state index in [1.807, 2.05) is 56.0 Å². The molecule has 29 heavy (non-hydrogen) atoms. The zero-order valence-electron chi connectivity index (χ0n) is 17.8. The van der Waals surface area contributed by atoms with Crippen LogP contribution in [-0.2, 0) is 22.6 Å². The number of rotatable bonds is 10. The van der Waals surface area contributed by atoms with Crippen molar-refractivity contribution in [3.05, 3.63) is 59.5 Å². The van der Waals surface area contributed by atoms with Crippen LogP contribution in [0.25, 0.3) is 0 Å². The number of carbonyl (C=O) groups excluding carboxylic acids is 2. The van der Waals surface area contributed by atoms with Crippen LogP contribution in [0, 0.1) is 18.8 Å². The van der Waals surface area contributed by atoms with Gasteiger partial charge in [-0.05, 0) is 49.8 Å². The molecule has 0 saturated heterocycles. The van der Waals surface area contributed by atoms with Gasteiger partial charge in [-0.1, -0.05) is 44.2 Å². The Labute approximate surface area is 173 Å². The lowest BCUT2D eigenvalue weighted by atomic mass is 10.1. The summed E-state index contributed by atoms with van der Waals surface area (Å²) >= 11 is 0. The van der Waals surface area contributed by atoms with Crippen molar-refractivity contribution in [2.75, 3.05) is 19.6 Å². The summed E-state index contributed by atoms with van der Waals surface area (Å²) in [4.78, 5) is 29.4. The highest BCUT2D eigenvalue weighted by atomic mass is 16.3. The number of aryl methyl sites for hydroxylation is 1. The Balaban J connectivity index is 1.69. The number of hydrogen-bond acceptors (Lipinski definition) is 3. The lowest BCUT2D eigenvalue weighted by Crippen LogP contribution is -2.45. The van der Waals surface area contributed by atoms with Gasteiger partial charge in [0.05, 0.1) is 13.1 Å². The summed E-state index contributed by atoms with van der Waals surface area (Å²) in [5.41, 5.74) is 1.19. The van der Waals surface area contributed by atoms with Gasteiger partial charge in [-0.3, -0.25) is 9.59 Å². The molecular formula is C24H32N2O3. The summed E-state index contributed by atoms with van der Waals surface area (Å²) < 4.78 is 5.71. The van der Waals surface area contributed by atoms with Crippen LogP contribution in [0.1, 0.15) is 43.8 Å². The van der Waals surface area contributed by atoms with E-state index in [1.54, 1.807) is 4.90 Å². The first-order valence-electron chi connectivity index (χ1n) is 10.6. The summed E-state index contributed by atoms with van der Waals surface area (Å²) in [7, 11) is 0. The molecule has 5 heteroatoms. The molecule has 1 heterocycles. The molecule has 0 radical (unpaired) electrons. The fourth-order valence-corrected chi connectivity index (χ4v) is 3.43. The minimum absolute atomic E-state index is 0.0235. The summed E-state index contributed by atoms with van der Waals surface area (Å²) in [5.74, 6) is 2.09. The quantitative estimate of drug-likeness (QED) is 0.609. The van der Waals surface area contributed by atoms with E-state index in [1.165, 1.54) is 5.56 Å². The van der Waals surface area contributed by atoms with Gasteiger partial charge < -0.3 is 14.2 Å². The third-order valence-electron chi connectivity index (χ3n) is 5.32. The van der Waals surface area contributed by atoms with Gasteiger partial charge in [0.1, 0.15) is 11.5 Å². The molecule has 0 N–H and O–H groups in total. The topological polar surface area (TPSA) is 53.8 Å². The minimum atomic E-state index is -0.105. The highest BCUT2D eigenvalue weighted by molar-refractivity contribution is 5.85. The highest BCUT2D eigenvalue weighted by Crippen LogP contribution is 2.30. The SMILES string of the molecule is Cc1ccc(CN(CCc2ccccc2)C(=O)CN(CC2CC2)C(=O)C(C)C)o1. The van der Waals surface area contributed by atoms with E-state index in [0.29, 0.717) is 25.6 Å². The van der Waals surface area contributed by atoms with Crippen molar-refractivity contribution >= 4 is 11.8 Å². The Morgan fingerprint density at radius 2 is 1.79 bits per heavy atom. The number of benzene rings is 1. The summed E-state index contributed by atoms with van der Waals surface area (Å²) in [6, 6.07) is 14.0. The van der Waals surface area contributed by atoms with Crippen LogP contribution in [0.4, 0.5) is 0 Å². The first kappa shape index (κ1) is 21.2. The van der Waals surface area contributed by atoms with Crippen molar-refractivity contribution in [2.45, 2.75) is 46.6 Å². The van der Waals surface area contributed by atoms with E-state index in [9.17, 15) is 9.59 Å². The highest BCUT2D eigenvalue weighted by Gasteiger charge is 2.30. The summed E-state index contributed by atoms with van der Waals surface area (Å²) in [5, 5.41) is 0. The van der Waals surface area contributed by atoms with Crippen molar-refractivity contribution < 1.29 is 14.0 Å². The number of amides is 2. The number of hydrogen-bond donors (Lipinski definition) is 0. The smallest absolute Gasteiger partial charge is 0.242 e. The molecule has 5 nitrogen and oxygen atoms in total. The molecule has 0 spiro atoms. The molecule has 0 bridgehead atoms. The molecule has 1 aliphatic rings. The van der Waals surface area contributed by atoms with E-state index in [2.05, 4.69) is 12.1 Å². The Kier molecular flexibility index (Phi) is 7.13. The van der Waals surface area contributed by atoms with Crippen LogP contribution in [-0.4, -0.2) is 41.2 Å². The molecule has 1 fully saturated rings. The van der Waals surface area contributed by atoms with E-state index < -0.39 is 0 Å². The first-order valence-corrected chi connectivity index (χ1v) is 10.6. The summed E-state index contributed by atoms with van der Waals surface area (Å²) in [6.45, 7) is 7.54.